The molecule has 1 N–H and O–H groups in total. The lowest BCUT2D eigenvalue weighted by molar-refractivity contribution is -0.132. The summed E-state index contributed by atoms with van der Waals surface area (Å²) < 4.78 is 18.8. The molecule has 1 aromatic heterocycles. The van der Waals surface area contributed by atoms with Crippen LogP contribution in [0.5, 0.6) is 0 Å². The van der Waals surface area contributed by atoms with Gasteiger partial charge in [0.2, 0.25) is 5.91 Å². The molecule has 0 saturated heterocycles. The molecule has 204 valence electrons. The van der Waals surface area contributed by atoms with Gasteiger partial charge in [-0.2, -0.15) is 0 Å². The van der Waals surface area contributed by atoms with Crippen LogP contribution in [0.15, 0.2) is 97.2 Å². The first kappa shape index (κ1) is 27.1. The van der Waals surface area contributed by atoms with Gasteiger partial charge < -0.3 is 19.5 Å². The molecule has 0 radical (unpaired) electrons. The van der Waals surface area contributed by atoms with Crippen molar-refractivity contribution in [2.45, 2.75) is 13.0 Å². The summed E-state index contributed by atoms with van der Waals surface area (Å²) in [5.74, 6) is -0.740. The minimum atomic E-state index is -0.327. The zero-order valence-corrected chi connectivity index (χ0v) is 22.5. The number of methoxy groups -OCH3 is 1. The quantitative estimate of drug-likeness (QED) is 0.231. The first-order chi connectivity index (χ1) is 19.5. The third-order valence-electron chi connectivity index (χ3n) is 7.14. The fraction of sp³-hybridized carbons (Fsp3) is 0.212. The van der Waals surface area contributed by atoms with Gasteiger partial charge in [0.15, 0.2) is 0 Å². The smallest absolute Gasteiger partial charge is 0.254 e. The number of nitrogens with one attached hydrogen (secondary N) is 1. The molecule has 0 spiro atoms. The van der Waals surface area contributed by atoms with Gasteiger partial charge in [-0.15, -0.1) is 0 Å². The third-order valence-corrected chi connectivity index (χ3v) is 7.14. The van der Waals surface area contributed by atoms with Crippen LogP contribution in [-0.4, -0.2) is 59.9 Å². The molecule has 6 nitrogen and oxygen atoms in total. The Kier molecular flexibility index (Phi) is 8.52. The molecule has 0 fully saturated rings. The second-order valence-electron chi connectivity index (χ2n) is 9.83. The lowest BCUT2D eigenvalue weighted by atomic mass is 10.1. The molecule has 0 atom stereocenters. The van der Waals surface area contributed by atoms with E-state index in [1.807, 2.05) is 60.8 Å². The molecule has 1 heterocycles. The van der Waals surface area contributed by atoms with Crippen molar-refractivity contribution in [2.75, 3.05) is 33.4 Å². The summed E-state index contributed by atoms with van der Waals surface area (Å²) >= 11 is 0. The van der Waals surface area contributed by atoms with E-state index in [9.17, 15) is 14.0 Å². The van der Waals surface area contributed by atoms with Crippen LogP contribution in [0.2, 0.25) is 0 Å². The highest BCUT2D eigenvalue weighted by Crippen LogP contribution is 2.20. The lowest BCUT2D eigenvalue weighted by Crippen LogP contribution is -2.44. The Hall–Kier alpha value is -4.49. The molecule has 5 rings (SSSR count). The normalized spacial score (nSPS) is 11.2. The largest absolute Gasteiger partial charge is 0.383 e. The predicted molar refractivity (Wildman–Crippen MR) is 156 cm³/mol. The highest BCUT2D eigenvalue weighted by atomic mass is 19.1. The van der Waals surface area contributed by atoms with E-state index in [-0.39, 0.29) is 30.7 Å². The number of benzene rings is 4. The maximum absolute atomic E-state index is 13.8. The Morgan fingerprint density at radius 3 is 2.40 bits per heavy atom. The van der Waals surface area contributed by atoms with E-state index in [0.29, 0.717) is 31.7 Å². The van der Waals surface area contributed by atoms with E-state index in [1.165, 1.54) is 12.1 Å². The van der Waals surface area contributed by atoms with Gasteiger partial charge in [0.25, 0.3) is 5.91 Å². The maximum atomic E-state index is 13.8. The average Bonchev–Trinajstić information content (AvgIpc) is 3.40. The second-order valence-corrected chi connectivity index (χ2v) is 9.83. The fourth-order valence-electron chi connectivity index (χ4n) is 4.92. The SMILES string of the molecule is COCCN(CC(=O)N(CCc1c[nH]c2ccccc12)Cc1ccc(F)cc1)C(=O)c1ccc2ccccc2c1. The molecule has 40 heavy (non-hydrogen) atoms. The van der Waals surface area contributed by atoms with E-state index < -0.39 is 0 Å². The number of carbonyl (C=O) groups is 2. The van der Waals surface area contributed by atoms with Crippen LogP contribution in [0, 0.1) is 5.82 Å². The zero-order chi connectivity index (χ0) is 27.9. The zero-order valence-electron chi connectivity index (χ0n) is 22.5. The van der Waals surface area contributed by atoms with Gasteiger partial charge in [-0.25, -0.2) is 4.39 Å². The molecule has 2 amide bonds. The number of rotatable bonds is 11. The summed E-state index contributed by atoms with van der Waals surface area (Å²) in [7, 11) is 1.57. The van der Waals surface area contributed by atoms with Crippen molar-refractivity contribution in [1.29, 1.82) is 0 Å². The first-order valence-electron chi connectivity index (χ1n) is 13.4. The van der Waals surface area contributed by atoms with Crippen molar-refractivity contribution in [3.63, 3.8) is 0 Å². The summed E-state index contributed by atoms with van der Waals surface area (Å²) in [6.07, 6.45) is 2.60. The number of fused-ring (bicyclic) bond motifs is 2. The Morgan fingerprint density at radius 1 is 0.850 bits per heavy atom. The van der Waals surface area contributed by atoms with E-state index >= 15 is 0 Å². The number of H-pyrrole nitrogens is 1. The number of amides is 2. The van der Waals surface area contributed by atoms with Gasteiger partial charge >= 0.3 is 0 Å². The molecule has 7 heteroatoms. The van der Waals surface area contributed by atoms with Crippen molar-refractivity contribution >= 4 is 33.5 Å². The Morgan fingerprint density at radius 2 is 1.60 bits per heavy atom. The van der Waals surface area contributed by atoms with E-state index in [2.05, 4.69) is 11.1 Å². The number of hydrogen-bond acceptors (Lipinski definition) is 3. The number of aromatic amines is 1. The lowest BCUT2D eigenvalue weighted by Gasteiger charge is -2.28. The maximum Gasteiger partial charge on any atom is 0.254 e. The van der Waals surface area contributed by atoms with Crippen molar-refractivity contribution in [2.24, 2.45) is 0 Å². The summed E-state index contributed by atoms with van der Waals surface area (Å²) in [5, 5.41) is 3.12. The van der Waals surface area contributed by atoms with Crippen molar-refractivity contribution in [3.8, 4) is 0 Å². The highest BCUT2D eigenvalue weighted by Gasteiger charge is 2.23. The fourth-order valence-corrected chi connectivity index (χ4v) is 4.92. The van der Waals surface area contributed by atoms with Crippen molar-refractivity contribution in [3.05, 3.63) is 120 Å². The van der Waals surface area contributed by atoms with Gasteiger partial charge in [0.05, 0.1) is 6.61 Å². The number of hydrogen-bond donors (Lipinski definition) is 1. The van der Waals surface area contributed by atoms with Crippen LogP contribution in [0.1, 0.15) is 21.5 Å². The van der Waals surface area contributed by atoms with E-state index in [1.54, 1.807) is 35.1 Å². The molecule has 0 unspecified atom stereocenters. The number of aromatic nitrogens is 1. The standard InChI is InChI=1S/C33H32FN3O3/c1-40-19-18-37(33(39)27-13-12-25-6-2-3-7-26(25)20-27)23-32(38)36(22-24-10-14-29(34)15-11-24)17-16-28-21-35-31-9-5-4-8-30(28)31/h2-15,20-21,35H,16-19,22-23H2,1H3. The molecule has 0 saturated carbocycles. The molecule has 4 aromatic carbocycles. The molecule has 5 aromatic rings. The van der Waals surface area contributed by atoms with Crippen molar-refractivity contribution < 1.29 is 18.7 Å². The predicted octanol–water partition coefficient (Wildman–Crippen LogP) is 5.82. The van der Waals surface area contributed by atoms with Gasteiger partial charge in [-0.1, -0.05) is 60.7 Å². The number of para-hydroxylation sites is 1. The molecule has 0 aliphatic carbocycles. The van der Waals surface area contributed by atoms with Crippen LogP contribution in [0.25, 0.3) is 21.7 Å². The van der Waals surface area contributed by atoms with E-state index in [4.69, 9.17) is 4.74 Å². The number of carbonyl (C=O) groups excluding carboxylic acids is 2. The summed E-state index contributed by atoms with van der Waals surface area (Å²) in [4.78, 5) is 33.9. The van der Waals surface area contributed by atoms with Crippen molar-refractivity contribution in [1.82, 2.24) is 14.8 Å². The molecule has 0 aliphatic rings. The monoisotopic (exact) mass is 537 g/mol. The topological polar surface area (TPSA) is 65.6 Å². The number of nitrogens with zero attached hydrogens (tertiary/aromatic N) is 2. The summed E-state index contributed by atoms with van der Waals surface area (Å²) in [6.45, 7) is 1.24. The third kappa shape index (κ3) is 6.38. The van der Waals surface area contributed by atoms with Crippen LogP contribution in [0.3, 0.4) is 0 Å². The van der Waals surface area contributed by atoms with Crippen LogP contribution in [0.4, 0.5) is 4.39 Å². The Balaban J connectivity index is 1.37. The first-order valence-corrected chi connectivity index (χ1v) is 13.4. The van der Waals surface area contributed by atoms with Gasteiger partial charge in [0, 0.05) is 49.4 Å². The van der Waals surface area contributed by atoms with Crippen LogP contribution in [-0.2, 0) is 22.5 Å². The molecule has 0 bridgehead atoms. The summed E-state index contributed by atoms with van der Waals surface area (Å²) in [6, 6.07) is 27.6. The minimum Gasteiger partial charge on any atom is -0.383 e. The van der Waals surface area contributed by atoms with Crippen LogP contribution >= 0.6 is 0 Å². The summed E-state index contributed by atoms with van der Waals surface area (Å²) in [5.41, 5.74) is 3.49. The van der Waals surface area contributed by atoms with Gasteiger partial charge in [-0.3, -0.25) is 9.59 Å². The van der Waals surface area contributed by atoms with Gasteiger partial charge in [-0.05, 0) is 58.7 Å². The average molecular weight is 538 g/mol. The Labute approximate surface area is 233 Å². The van der Waals surface area contributed by atoms with Crippen LogP contribution < -0.4 is 0 Å². The highest BCUT2D eigenvalue weighted by molar-refractivity contribution is 6.00. The molecule has 0 aliphatic heterocycles. The minimum absolute atomic E-state index is 0.0932. The number of halogens is 1. The van der Waals surface area contributed by atoms with Gasteiger partial charge in [0.1, 0.15) is 12.4 Å². The molecular weight excluding hydrogens is 505 g/mol. The second kappa shape index (κ2) is 12.6. The van der Waals surface area contributed by atoms with E-state index in [0.717, 1.165) is 32.8 Å². The number of ether oxygens (including phenoxy) is 1. The Bertz CT molecular complexity index is 1610. The molecular formula is C33H32FN3O3.